The average molecular weight is 340 g/mol. The first-order chi connectivity index (χ1) is 11.1. The third-order valence-electron chi connectivity index (χ3n) is 4.11. The van der Waals surface area contributed by atoms with Gasteiger partial charge < -0.3 is 15.2 Å². The van der Waals surface area contributed by atoms with Gasteiger partial charge in [0.15, 0.2) is 11.5 Å². The van der Waals surface area contributed by atoms with Crippen LogP contribution in [0.5, 0.6) is 11.5 Å². The van der Waals surface area contributed by atoms with Crippen LogP contribution in [0.25, 0.3) is 0 Å². The van der Waals surface area contributed by atoms with Gasteiger partial charge in [0.2, 0.25) is 5.91 Å². The summed E-state index contributed by atoms with van der Waals surface area (Å²) in [5.74, 6) is 1.12. The predicted molar refractivity (Wildman–Crippen MR) is 88.0 cm³/mol. The van der Waals surface area contributed by atoms with Crippen molar-refractivity contribution in [2.45, 2.75) is 13.0 Å². The second-order valence-corrected chi connectivity index (χ2v) is 6.38. The zero-order chi connectivity index (χ0) is 16.2. The molecule has 6 nitrogen and oxygen atoms in total. The Morgan fingerprint density at radius 2 is 1.83 bits per heavy atom. The van der Waals surface area contributed by atoms with E-state index in [0.29, 0.717) is 30.5 Å². The minimum atomic E-state index is -0.270. The Labute approximate surface area is 141 Å². The monoisotopic (exact) mass is 339 g/mol. The Bertz CT molecular complexity index is 574. The Morgan fingerprint density at radius 3 is 2.57 bits per heavy atom. The van der Waals surface area contributed by atoms with Crippen molar-refractivity contribution in [1.82, 2.24) is 9.80 Å². The zero-order valence-electron chi connectivity index (χ0n) is 13.1. The van der Waals surface area contributed by atoms with Crippen LogP contribution in [0.1, 0.15) is 12.0 Å². The molecule has 0 radical (unpaired) electrons. The summed E-state index contributed by atoms with van der Waals surface area (Å²) in [6, 6.07) is 3.97. The Kier molecular flexibility index (Phi) is 5.25. The van der Waals surface area contributed by atoms with Crippen LogP contribution in [0.2, 0.25) is 5.02 Å². The van der Waals surface area contributed by atoms with Crippen molar-refractivity contribution >= 4 is 17.5 Å². The molecule has 0 aliphatic carbocycles. The summed E-state index contributed by atoms with van der Waals surface area (Å²) in [6.07, 6.45) is 0.863. The molecule has 23 heavy (non-hydrogen) atoms. The van der Waals surface area contributed by atoms with E-state index in [9.17, 15) is 4.79 Å². The molecule has 1 saturated heterocycles. The second kappa shape index (κ2) is 7.38. The van der Waals surface area contributed by atoms with Crippen molar-refractivity contribution in [2.75, 3.05) is 45.9 Å². The van der Waals surface area contributed by atoms with Crippen LogP contribution in [0, 0.1) is 0 Å². The van der Waals surface area contributed by atoms with Gasteiger partial charge >= 0.3 is 0 Å². The number of halogens is 1. The standard InChI is InChI=1S/C16H22ClN3O3/c17-13-8-12(9-14-16(13)23-7-1-6-22-14)10-19-2-4-20(5-3-19)11-15(18)21/h8-9H,1-7,10-11H2,(H2,18,21). The van der Waals surface area contributed by atoms with Crippen molar-refractivity contribution in [1.29, 1.82) is 0 Å². The molecule has 2 N–H and O–H groups in total. The number of hydrogen-bond donors (Lipinski definition) is 1. The van der Waals surface area contributed by atoms with Crippen LogP contribution in [0.3, 0.4) is 0 Å². The molecular formula is C16H22ClN3O3. The average Bonchev–Trinajstić information content (AvgIpc) is 2.74. The van der Waals surface area contributed by atoms with E-state index in [1.807, 2.05) is 12.1 Å². The normalized spacial score (nSPS) is 19.3. The molecule has 3 rings (SSSR count). The summed E-state index contributed by atoms with van der Waals surface area (Å²) in [4.78, 5) is 15.4. The molecule has 1 aromatic rings. The molecule has 2 aliphatic rings. The maximum atomic E-state index is 11.0. The van der Waals surface area contributed by atoms with Crippen LogP contribution in [0.15, 0.2) is 12.1 Å². The molecule has 1 fully saturated rings. The molecule has 0 unspecified atom stereocenters. The molecule has 1 aromatic carbocycles. The summed E-state index contributed by atoms with van der Waals surface area (Å²) in [5.41, 5.74) is 6.35. The third kappa shape index (κ3) is 4.28. The summed E-state index contributed by atoms with van der Waals surface area (Å²) >= 11 is 6.33. The Hall–Kier alpha value is -1.50. The predicted octanol–water partition coefficient (Wildman–Crippen LogP) is 1.10. The second-order valence-electron chi connectivity index (χ2n) is 5.97. The fourth-order valence-electron chi connectivity index (χ4n) is 2.96. The van der Waals surface area contributed by atoms with Crippen LogP contribution >= 0.6 is 11.6 Å². The number of amides is 1. The van der Waals surface area contributed by atoms with Gasteiger partial charge in [0, 0.05) is 39.1 Å². The lowest BCUT2D eigenvalue weighted by Crippen LogP contribution is -2.48. The van der Waals surface area contributed by atoms with Gasteiger partial charge in [0.05, 0.1) is 24.8 Å². The first-order valence-electron chi connectivity index (χ1n) is 7.93. The van der Waals surface area contributed by atoms with E-state index in [0.717, 1.165) is 50.5 Å². The van der Waals surface area contributed by atoms with Crippen LogP contribution in [-0.4, -0.2) is 61.6 Å². The van der Waals surface area contributed by atoms with Crippen molar-refractivity contribution in [3.8, 4) is 11.5 Å². The number of carbonyl (C=O) groups is 1. The van der Waals surface area contributed by atoms with Crippen LogP contribution in [0.4, 0.5) is 0 Å². The molecule has 2 aliphatic heterocycles. The van der Waals surface area contributed by atoms with Gasteiger partial charge in [-0.05, 0) is 17.7 Å². The lowest BCUT2D eigenvalue weighted by Gasteiger charge is -2.34. The maximum absolute atomic E-state index is 11.0. The topological polar surface area (TPSA) is 68.0 Å². The quantitative estimate of drug-likeness (QED) is 0.890. The van der Waals surface area contributed by atoms with Crippen molar-refractivity contribution < 1.29 is 14.3 Å². The summed E-state index contributed by atoms with van der Waals surface area (Å²) in [5, 5.41) is 0.603. The molecule has 0 aromatic heterocycles. The fraction of sp³-hybridized carbons (Fsp3) is 0.562. The van der Waals surface area contributed by atoms with Crippen molar-refractivity contribution in [2.24, 2.45) is 5.73 Å². The number of hydrogen-bond acceptors (Lipinski definition) is 5. The first kappa shape index (κ1) is 16.4. The largest absolute Gasteiger partial charge is 0.489 e. The minimum Gasteiger partial charge on any atom is -0.489 e. The van der Waals surface area contributed by atoms with Gasteiger partial charge in [0.1, 0.15) is 0 Å². The molecule has 0 bridgehead atoms. The number of rotatable bonds is 4. The SMILES string of the molecule is NC(=O)CN1CCN(Cc2cc(Cl)c3c(c2)OCCCO3)CC1. The molecule has 126 valence electrons. The Morgan fingerprint density at radius 1 is 1.13 bits per heavy atom. The lowest BCUT2D eigenvalue weighted by molar-refractivity contribution is -0.119. The Balaban J connectivity index is 1.62. The smallest absolute Gasteiger partial charge is 0.231 e. The molecular weight excluding hydrogens is 318 g/mol. The van der Waals surface area contributed by atoms with E-state index in [1.165, 1.54) is 0 Å². The summed E-state index contributed by atoms with van der Waals surface area (Å²) < 4.78 is 11.4. The molecule has 0 spiro atoms. The highest BCUT2D eigenvalue weighted by Gasteiger charge is 2.20. The first-order valence-corrected chi connectivity index (χ1v) is 8.30. The molecule has 1 amide bonds. The van der Waals surface area contributed by atoms with Gasteiger partial charge in [-0.25, -0.2) is 0 Å². The highest BCUT2D eigenvalue weighted by Crippen LogP contribution is 2.38. The third-order valence-corrected chi connectivity index (χ3v) is 4.39. The van der Waals surface area contributed by atoms with Gasteiger partial charge in [-0.15, -0.1) is 0 Å². The lowest BCUT2D eigenvalue weighted by atomic mass is 10.1. The van der Waals surface area contributed by atoms with E-state index >= 15 is 0 Å². The molecule has 0 saturated carbocycles. The van der Waals surface area contributed by atoms with Crippen molar-refractivity contribution in [3.63, 3.8) is 0 Å². The molecule has 2 heterocycles. The number of nitrogens with two attached hydrogens (primary N) is 1. The molecule has 7 heteroatoms. The number of benzene rings is 1. The van der Waals surface area contributed by atoms with E-state index in [1.54, 1.807) is 0 Å². The fourth-order valence-corrected chi connectivity index (χ4v) is 3.25. The number of nitrogens with zero attached hydrogens (tertiary/aromatic N) is 2. The van der Waals surface area contributed by atoms with Crippen molar-refractivity contribution in [3.05, 3.63) is 22.7 Å². The van der Waals surface area contributed by atoms with E-state index < -0.39 is 0 Å². The van der Waals surface area contributed by atoms with E-state index in [4.69, 9.17) is 26.8 Å². The number of ether oxygens (including phenoxy) is 2. The summed E-state index contributed by atoms with van der Waals surface area (Å²) in [6.45, 7) is 5.93. The van der Waals surface area contributed by atoms with Crippen LogP contribution < -0.4 is 15.2 Å². The van der Waals surface area contributed by atoms with E-state index in [-0.39, 0.29) is 5.91 Å². The number of carbonyl (C=O) groups excluding carboxylic acids is 1. The summed E-state index contributed by atoms with van der Waals surface area (Å²) in [7, 11) is 0. The van der Waals surface area contributed by atoms with Gasteiger partial charge in [0.25, 0.3) is 0 Å². The van der Waals surface area contributed by atoms with E-state index in [2.05, 4.69) is 9.80 Å². The zero-order valence-corrected chi connectivity index (χ0v) is 13.8. The van der Waals surface area contributed by atoms with Crippen LogP contribution in [-0.2, 0) is 11.3 Å². The minimum absolute atomic E-state index is 0.270. The highest BCUT2D eigenvalue weighted by molar-refractivity contribution is 6.32. The molecule has 0 atom stereocenters. The number of piperazine rings is 1. The van der Waals surface area contributed by atoms with Gasteiger partial charge in [-0.2, -0.15) is 0 Å². The number of primary amides is 1. The van der Waals surface area contributed by atoms with Gasteiger partial charge in [-0.1, -0.05) is 11.6 Å². The number of fused-ring (bicyclic) bond motifs is 1. The van der Waals surface area contributed by atoms with Gasteiger partial charge in [-0.3, -0.25) is 14.6 Å². The highest BCUT2D eigenvalue weighted by atomic mass is 35.5. The maximum Gasteiger partial charge on any atom is 0.231 e.